The van der Waals surface area contributed by atoms with Crippen LogP contribution in [0.2, 0.25) is 0 Å². The molecule has 3 nitrogen and oxygen atoms in total. The van der Waals surface area contributed by atoms with Crippen molar-refractivity contribution < 1.29 is 23.1 Å². The number of carbonyl (C=O) groups is 2. The van der Waals surface area contributed by atoms with Crippen molar-refractivity contribution in [3.63, 3.8) is 0 Å². The number of hydrogen-bond donors (Lipinski definition) is 0. The summed E-state index contributed by atoms with van der Waals surface area (Å²) in [6.45, 7) is 1.66. The highest BCUT2D eigenvalue weighted by Crippen LogP contribution is 2.43. The Morgan fingerprint density at radius 3 is 2.58 bits per heavy atom. The van der Waals surface area contributed by atoms with Gasteiger partial charge >= 0.3 is 5.97 Å². The highest BCUT2D eigenvalue weighted by atomic mass is 19.3. The lowest BCUT2D eigenvalue weighted by molar-refractivity contribution is -0.161. The monoisotopic (exact) mass is 330 g/mol. The van der Waals surface area contributed by atoms with Crippen molar-refractivity contribution in [3.8, 4) is 0 Å². The summed E-state index contributed by atoms with van der Waals surface area (Å²) < 4.78 is 32.6. The quantitative estimate of drug-likeness (QED) is 0.634. The van der Waals surface area contributed by atoms with Gasteiger partial charge in [-0.2, -0.15) is 0 Å². The maximum Gasteiger partial charge on any atom is 0.326 e. The van der Waals surface area contributed by atoms with Crippen LogP contribution in [0, 0.1) is 12.3 Å². The lowest BCUT2D eigenvalue weighted by atomic mass is 9.84. The third-order valence-electron chi connectivity index (χ3n) is 4.33. The number of ether oxygens (including phenoxy) is 1. The Morgan fingerprint density at radius 2 is 1.92 bits per heavy atom. The van der Waals surface area contributed by atoms with Crippen LogP contribution >= 0.6 is 0 Å². The third-order valence-corrected chi connectivity index (χ3v) is 4.33. The largest absolute Gasteiger partial charge is 0.460 e. The minimum absolute atomic E-state index is 0.142. The van der Waals surface area contributed by atoms with E-state index in [0.717, 1.165) is 5.56 Å². The zero-order chi connectivity index (χ0) is 17.3. The van der Waals surface area contributed by atoms with E-state index in [1.807, 2.05) is 0 Å². The Balaban J connectivity index is 1.87. The van der Waals surface area contributed by atoms with Crippen molar-refractivity contribution in [1.29, 1.82) is 0 Å². The number of benzene rings is 2. The van der Waals surface area contributed by atoms with Crippen molar-refractivity contribution in [3.05, 3.63) is 70.8 Å². The second-order valence-corrected chi connectivity index (χ2v) is 6.00. The number of aryl methyl sites for hydroxylation is 1. The maximum absolute atomic E-state index is 13.8. The Kier molecular flexibility index (Phi) is 4.18. The molecule has 0 spiro atoms. The Labute approximate surface area is 138 Å². The molecule has 24 heavy (non-hydrogen) atoms. The van der Waals surface area contributed by atoms with Crippen LogP contribution in [-0.4, -0.2) is 18.2 Å². The molecule has 0 aliphatic heterocycles. The normalized spacial score (nSPS) is 19.4. The van der Waals surface area contributed by atoms with Crippen LogP contribution < -0.4 is 0 Å². The number of alkyl halides is 2. The summed E-state index contributed by atoms with van der Waals surface area (Å²) in [7, 11) is 0. The first kappa shape index (κ1) is 16.3. The Bertz CT molecular complexity index is 786. The van der Waals surface area contributed by atoms with Gasteiger partial charge in [0.2, 0.25) is 0 Å². The lowest BCUT2D eigenvalue weighted by Gasteiger charge is -2.24. The van der Waals surface area contributed by atoms with Crippen LogP contribution in [0.5, 0.6) is 0 Å². The Morgan fingerprint density at radius 1 is 1.21 bits per heavy atom. The molecule has 1 aliphatic carbocycles. The molecule has 1 aliphatic rings. The fourth-order valence-corrected chi connectivity index (χ4v) is 2.99. The molecule has 0 heterocycles. The number of esters is 1. The van der Waals surface area contributed by atoms with E-state index in [-0.39, 0.29) is 18.6 Å². The van der Waals surface area contributed by atoms with Gasteiger partial charge < -0.3 is 4.74 Å². The van der Waals surface area contributed by atoms with E-state index >= 15 is 0 Å². The molecule has 0 radical (unpaired) electrons. The summed E-state index contributed by atoms with van der Waals surface area (Å²) in [4.78, 5) is 25.0. The van der Waals surface area contributed by atoms with Crippen LogP contribution in [0.15, 0.2) is 48.5 Å². The summed E-state index contributed by atoms with van der Waals surface area (Å²) in [5, 5.41) is 0. The summed E-state index contributed by atoms with van der Waals surface area (Å²) >= 11 is 0. The topological polar surface area (TPSA) is 43.4 Å². The van der Waals surface area contributed by atoms with Crippen molar-refractivity contribution in [2.75, 3.05) is 0 Å². The number of ketones is 1. The number of hydrogen-bond acceptors (Lipinski definition) is 3. The standard InChI is InChI=1S/C19H16F2O3/c1-12-7-8-15-14(9-12)10-19(16(15)22,17(20)21)18(23)24-11-13-5-3-2-4-6-13/h2-9,17H,10-11H2,1H3. The Hall–Kier alpha value is -2.56. The molecular weight excluding hydrogens is 314 g/mol. The van der Waals surface area contributed by atoms with Gasteiger partial charge in [-0.05, 0) is 18.1 Å². The summed E-state index contributed by atoms with van der Waals surface area (Å²) in [5.41, 5.74) is -0.266. The summed E-state index contributed by atoms with van der Waals surface area (Å²) in [6, 6.07) is 13.6. The smallest absolute Gasteiger partial charge is 0.326 e. The van der Waals surface area contributed by atoms with Crippen LogP contribution in [0.25, 0.3) is 0 Å². The zero-order valence-electron chi connectivity index (χ0n) is 13.1. The molecule has 5 heteroatoms. The first-order valence-corrected chi connectivity index (χ1v) is 7.59. The highest BCUT2D eigenvalue weighted by molar-refractivity contribution is 6.16. The minimum atomic E-state index is -3.12. The highest BCUT2D eigenvalue weighted by Gasteiger charge is 2.59. The molecule has 2 aromatic carbocycles. The average molecular weight is 330 g/mol. The van der Waals surface area contributed by atoms with E-state index in [2.05, 4.69) is 0 Å². The van der Waals surface area contributed by atoms with Gasteiger partial charge in [0.05, 0.1) is 0 Å². The molecule has 0 N–H and O–H groups in total. The van der Waals surface area contributed by atoms with Crippen molar-refractivity contribution in [2.45, 2.75) is 26.4 Å². The van der Waals surface area contributed by atoms with Gasteiger partial charge in [-0.25, -0.2) is 8.78 Å². The number of rotatable bonds is 4. The molecular formula is C19H16F2O3. The maximum atomic E-state index is 13.8. The first-order chi connectivity index (χ1) is 11.4. The molecule has 2 aromatic rings. The zero-order valence-corrected chi connectivity index (χ0v) is 13.1. The average Bonchev–Trinajstić information content (AvgIpc) is 2.87. The van der Waals surface area contributed by atoms with Crippen LogP contribution in [0.4, 0.5) is 8.78 Å². The van der Waals surface area contributed by atoms with E-state index in [4.69, 9.17) is 4.74 Å². The van der Waals surface area contributed by atoms with Gasteiger partial charge in [-0.15, -0.1) is 0 Å². The molecule has 3 rings (SSSR count). The molecule has 124 valence electrons. The van der Waals surface area contributed by atoms with E-state index in [1.165, 1.54) is 6.07 Å². The van der Waals surface area contributed by atoms with E-state index in [1.54, 1.807) is 49.4 Å². The van der Waals surface area contributed by atoms with Crippen LogP contribution in [-0.2, 0) is 22.6 Å². The fourth-order valence-electron chi connectivity index (χ4n) is 2.99. The van der Waals surface area contributed by atoms with Crippen molar-refractivity contribution >= 4 is 11.8 Å². The molecule has 1 unspecified atom stereocenters. The molecule has 0 saturated carbocycles. The number of fused-ring (bicyclic) bond motifs is 1. The number of carbonyl (C=O) groups excluding carboxylic acids is 2. The van der Waals surface area contributed by atoms with Crippen molar-refractivity contribution in [1.82, 2.24) is 0 Å². The second kappa shape index (κ2) is 6.15. The van der Waals surface area contributed by atoms with Gasteiger partial charge in [0.1, 0.15) is 6.61 Å². The van der Waals surface area contributed by atoms with Gasteiger partial charge in [0.15, 0.2) is 11.2 Å². The molecule has 0 fully saturated rings. The van der Waals surface area contributed by atoms with Crippen LogP contribution in [0.1, 0.15) is 27.0 Å². The fraction of sp³-hybridized carbons (Fsp3) is 0.263. The summed E-state index contributed by atoms with van der Waals surface area (Å²) in [5.74, 6) is -2.02. The second-order valence-electron chi connectivity index (χ2n) is 6.00. The minimum Gasteiger partial charge on any atom is -0.460 e. The third kappa shape index (κ3) is 2.60. The van der Waals surface area contributed by atoms with E-state index in [9.17, 15) is 18.4 Å². The lowest BCUT2D eigenvalue weighted by Crippen LogP contribution is -2.45. The number of halogens is 2. The molecule has 0 bridgehead atoms. The van der Waals surface area contributed by atoms with Gasteiger partial charge in [-0.3, -0.25) is 9.59 Å². The van der Waals surface area contributed by atoms with Crippen LogP contribution in [0.3, 0.4) is 0 Å². The predicted octanol–water partition coefficient (Wildman–Crippen LogP) is 3.73. The molecule has 0 amide bonds. The molecule has 0 saturated heterocycles. The van der Waals surface area contributed by atoms with E-state index in [0.29, 0.717) is 11.1 Å². The SMILES string of the molecule is Cc1ccc2c(c1)CC(C(=O)OCc1ccccc1)(C(F)F)C2=O. The summed E-state index contributed by atoms with van der Waals surface area (Å²) in [6.07, 6.45) is -3.45. The van der Waals surface area contributed by atoms with Gasteiger partial charge in [0.25, 0.3) is 6.43 Å². The molecule has 0 aromatic heterocycles. The van der Waals surface area contributed by atoms with Crippen molar-refractivity contribution in [2.24, 2.45) is 5.41 Å². The molecule has 1 atom stereocenters. The van der Waals surface area contributed by atoms with Gasteiger partial charge in [-0.1, -0.05) is 54.1 Å². The predicted molar refractivity (Wildman–Crippen MR) is 83.9 cm³/mol. The van der Waals surface area contributed by atoms with E-state index < -0.39 is 23.6 Å². The van der Waals surface area contributed by atoms with Gasteiger partial charge in [0, 0.05) is 12.0 Å². The first-order valence-electron chi connectivity index (χ1n) is 7.59. The number of Topliss-reactive ketones (excluding diaryl/α,β-unsaturated/α-hetero) is 1.